The highest BCUT2D eigenvalue weighted by molar-refractivity contribution is 9.10. The summed E-state index contributed by atoms with van der Waals surface area (Å²) in [5.74, 6) is 0.775. The zero-order chi connectivity index (χ0) is 26.1. The van der Waals surface area contributed by atoms with E-state index in [0.717, 1.165) is 15.6 Å². The second-order valence-corrected chi connectivity index (χ2v) is 9.23. The molecule has 0 atom stereocenters. The Hall–Kier alpha value is -3.65. The molecule has 0 spiro atoms. The van der Waals surface area contributed by atoms with Crippen LogP contribution in [-0.4, -0.2) is 31.3 Å². The molecule has 3 aromatic rings. The molecule has 1 amide bonds. The molecule has 0 aromatic heterocycles. The van der Waals surface area contributed by atoms with E-state index in [1.165, 1.54) is 6.21 Å². The number of amides is 1. The number of rotatable bonds is 10. The van der Waals surface area contributed by atoms with Crippen molar-refractivity contribution >= 4 is 34.0 Å². The van der Waals surface area contributed by atoms with Crippen molar-refractivity contribution in [1.29, 1.82) is 0 Å². The molecule has 3 aromatic carbocycles. The van der Waals surface area contributed by atoms with Gasteiger partial charge >= 0.3 is 5.97 Å². The molecule has 0 bridgehead atoms. The van der Waals surface area contributed by atoms with Crippen LogP contribution in [0.3, 0.4) is 0 Å². The molecule has 0 saturated heterocycles. The number of benzene rings is 3. The van der Waals surface area contributed by atoms with Crippen molar-refractivity contribution in [1.82, 2.24) is 5.43 Å². The van der Waals surface area contributed by atoms with E-state index in [9.17, 15) is 9.59 Å². The van der Waals surface area contributed by atoms with Gasteiger partial charge in [-0.2, -0.15) is 5.10 Å². The molecule has 1 N–H and O–H groups in total. The van der Waals surface area contributed by atoms with Crippen molar-refractivity contribution in [2.24, 2.45) is 5.10 Å². The normalized spacial score (nSPS) is 10.9. The summed E-state index contributed by atoms with van der Waals surface area (Å²) >= 11 is 3.34. The van der Waals surface area contributed by atoms with E-state index in [1.54, 1.807) is 42.5 Å². The van der Waals surface area contributed by atoms with Crippen molar-refractivity contribution in [3.8, 4) is 17.2 Å². The lowest BCUT2D eigenvalue weighted by Gasteiger charge is -2.14. The molecule has 3 rings (SSSR count). The van der Waals surface area contributed by atoms with Crippen LogP contribution >= 0.6 is 15.9 Å². The van der Waals surface area contributed by atoms with Gasteiger partial charge in [0.05, 0.1) is 18.4 Å². The number of halogens is 1. The largest absolute Gasteiger partial charge is 0.490 e. The Bertz CT molecular complexity index is 1240. The van der Waals surface area contributed by atoms with E-state index in [-0.39, 0.29) is 18.4 Å². The van der Waals surface area contributed by atoms with Gasteiger partial charge in [0.2, 0.25) is 0 Å². The molecule has 0 aliphatic carbocycles. The van der Waals surface area contributed by atoms with Crippen molar-refractivity contribution in [3.05, 3.63) is 87.4 Å². The second-order valence-electron chi connectivity index (χ2n) is 8.31. The van der Waals surface area contributed by atoms with Gasteiger partial charge in [-0.3, -0.25) is 4.79 Å². The minimum Gasteiger partial charge on any atom is -0.490 e. The lowest BCUT2D eigenvalue weighted by molar-refractivity contribution is -0.123. The standard InChI is InChI=1S/C28H29BrN2O5/c1-5-34-26-15-20(7-13-24(26)36-28(33)21-8-10-22(29)11-9-21)16-30-31-27(32)17-35-25-14-19(4)6-12-23(25)18(2)3/h6-16,18H,5,17H2,1-4H3,(H,31,32). The van der Waals surface area contributed by atoms with Gasteiger partial charge in [0.1, 0.15) is 5.75 Å². The number of aryl methyl sites for hydroxylation is 1. The topological polar surface area (TPSA) is 86.2 Å². The molecule has 188 valence electrons. The van der Waals surface area contributed by atoms with Crippen LogP contribution in [-0.2, 0) is 4.79 Å². The third-order valence-electron chi connectivity index (χ3n) is 5.10. The minimum atomic E-state index is -0.494. The van der Waals surface area contributed by atoms with Crippen LogP contribution < -0.4 is 19.6 Å². The van der Waals surface area contributed by atoms with E-state index < -0.39 is 5.97 Å². The Morgan fingerprint density at radius 1 is 0.972 bits per heavy atom. The van der Waals surface area contributed by atoms with Gasteiger partial charge in [-0.05, 0) is 85.0 Å². The number of hydrogen-bond acceptors (Lipinski definition) is 6. The second kappa shape index (κ2) is 12.9. The molecule has 0 aliphatic rings. The van der Waals surface area contributed by atoms with Gasteiger partial charge < -0.3 is 14.2 Å². The summed E-state index contributed by atoms with van der Waals surface area (Å²) in [7, 11) is 0. The monoisotopic (exact) mass is 552 g/mol. The first-order chi connectivity index (χ1) is 17.3. The highest BCUT2D eigenvalue weighted by Gasteiger charge is 2.14. The smallest absolute Gasteiger partial charge is 0.343 e. The molecule has 7 nitrogen and oxygen atoms in total. The number of nitrogens with one attached hydrogen (secondary N) is 1. The number of carbonyl (C=O) groups is 2. The van der Waals surface area contributed by atoms with Crippen molar-refractivity contribution in [3.63, 3.8) is 0 Å². The maximum absolute atomic E-state index is 12.5. The van der Waals surface area contributed by atoms with Gasteiger partial charge in [0, 0.05) is 4.47 Å². The first kappa shape index (κ1) is 26.9. The van der Waals surface area contributed by atoms with Crippen LogP contribution in [0.4, 0.5) is 0 Å². The average molecular weight is 553 g/mol. The first-order valence-corrected chi connectivity index (χ1v) is 12.4. The Labute approximate surface area is 219 Å². The van der Waals surface area contributed by atoms with Gasteiger partial charge in [0.25, 0.3) is 5.91 Å². The summed E-state index contributed by atoms with van der Waals surface area (Å²) < 4.78 is 17.8. The Morgan fingerprint density at radius 3 is 2.42 bits per heavy atom. The molecule has 36 heavy (non-hydrogen) atoms. The van der Waals surface area contributed by atoms with Gasteiger partial charge in [-0.1, -0.05) is 41.9 Å². The molecule has 0 aliphatic heterocycles. The first-order valence-electron chi connectivity index (χ1n) is 11.6. The summed E-state index contributed by atoms with van der Waals surface area (Å²) in [6.45, 7) is 8.19. The van der Waals surface area contributed by atoms with Crippen molar-refractivity contribution in [2.45, 2.75) is 33.6 Å². The summed E-state index contributed by atoms with van der Waals surface area (Å²) in [6, 6.07) is 17.8. The van der Waals surface area contributed by atoms with E-state index in [1.807, 2.05) is 32.0 Å². The van der Waals surface area contributed by atoms with E-state index in [4.69, 9.17) is 14.2 Å². The van der Waals surface area contributed by atoms with Crippen molar-refractivity contribution < 1.29 is 23.8 Å². The summed E-state index contributed by atoms with van der Waals surface area (Å²) in [5.41, 5.74) is 5.64. The molecule has 8 heteroatoms. The van der Waals surface area contributed by atoms with Crippen LogP contribution in [0.5, 0.6) is 17.2 Å². The minimum absolute atomic E-state index is 0.157. The fourth-order valence-corrected chi connectivity index (χ4v) is 3.56. The number of hydrogen-bond donors (Lipinski definition) is 1. The fraction of sp³-hybridized carbons (Fsp3) is 0.250. The summed E-state index contributed by atoms with van der Waals surface area (Å²) in [5, 5.41) is 4.00. The van der Waals surface area contributed by atoms with E-state index in [2.05, 4.69) is 40.3 Å². The van der Waals surface area contributed by atoms with Crippen LogP contribution in [0.1, 0.15) is 53.7 Å². The zero-order valence-corrected chi connectivity index (χ0v) is 22.3. The third-order valence-corrected chi connectivity index (χ3v) is 5.63. The molecular weight excluding hydrogens is 524 g/mol. The molecule has 0 unspecified atom stereocenters. The Morgan fingerprint density at radius 2 is 1.72 bits per heavy atom. The predicted octanol–water partition coefficient (Wildman–Crippen LogP) is 6.03. The average Bonchev–Trinajstić information content (AvgIpc) is 2.84. The number of ether oxygens (including phenoxy) is 3. The van der Waals surface area contributed by atoms with Crippen LogP contribution in [0, 0.1) is 6.92 Å². The number of hydrazone groups is 1. The maximum Gasteiger partial charge on any atom is 0.343 e. The summed E-state index contributed by atoms with van der Waals surface area (Å²) in [4.78, 5) is 24.7. The maximum atomic E-state index is 12.5. The van der Waals surface area contributed by atoms with Gasteiger partial charge in [-0.25, -0.2) is 10.2 Å². The zero-order valence-electron chi connectivity index (χ0n) is 20.7. The molecule has 0 saturated carbocycles. The lowest BCUT2D eigenvalue weighted by Crippen LogP contribution is -2.25. The molecule has 0 heterocycles. The number of carbonyl (C=O) groups excluding carboxylic acids is 2. The number of nitrogens with zero attached hydrogens (tertiary/aromatic N) is 1. The Balaban J connectivity index is 1.61. The Kier molecular flexibility index (Phi) is 9.64. The van der Waals surface area contributed by atoms with Gasteiger partial charge in [-0.15, -0.1) is 0 Å². The van der Waals surface area contributed by atoms with Crippen LogP contribution in [0.15, 0.2) is 70.2 Å². The van der Waals surface area contributed by atoms with Crippen LogP contribution in [0.25, 0.3) is 0 Å². The third kappa shape index (κ3) is 7.68. The molecule has 0 fully saturated rings. The summed E-state index contributed by atoms with van der Waals surface area (Å²) in [6.07, 6.45) is 1.48. The highest BCUT2D eigenvalue weighted by atomic mass is 79.9. The number of esters is 1. The predicted molar refractivity (Wildman–Crippen MR) is 143 cm³/mol. The van der Waals surface area contributed by atoms with Crippen LogP contribution in [0.2, 0.25) is 0 Å². The van der Waals surface area contributed by atoms with Crippen molar-refractivity contribution in [2.75, 3.05) is 13.2 Å². The van der Waals surface area contributed by atoms with Gasteiger partial charge in [0.15, 0.2) is 18.1 Å². The van der Waals surface area contributed by atoms with E-state index in [0.29, 0.717) is 35.0 Å². The SMILES string of the molecule is CCOc1cc(C=NNC(=O)COc2cc(C)ccc2C(C)C)ccc1OC(=O)c1ccc(Br)cc1. The molecule has 0 radical (unpaired) electrons. The highest BCUT2D eigenvalue weighted by Crippen LogP contribution is 2.29. The fourth-order valence-electron chi connectivity index (χ4n) is 3.30. The quantitative estimate of drug-likeness (QED) is 0.144. The molecular formula is C28H29BrN2O5. The lowest BCUT2D eigenvalue weighted by atomic mass is 10.0. The van der Waals surface area contributed by atoms with E-state index >= 15 is 0 Å².